The van der Waals surface area contributed by atoms with Crippen LogP contribution in [0.4, 0.5) is 0 Å². The summed E-state index contributed by atoms with van der Waals surface area (Å²) in [7, 11) is 1.63. The molecule has 0 aliphatic carbocycles. The van der Waals surface area contributed by atoms with Crippen molar-refractivity contribution in [3.05, 3.63) is 54.0 Å². The van der Waals surface area contributed by atoms with Gasteiger partial charge in [0.2, 0.25) is 0 Å². The zero-order valence-corrected chi connectivity index (χ0v) is 9.68. The average molecular weight is 230 g/mol. The van der Waals surface area contributed by atoms with Gasteiger partial charge in [0.15, 0.2) is 11.5 Å². The molecule has 2 aromatic rings. The maximum atomic E-state index is 11.7. The molecular formula is C14H14O3. The van der Waals surface area contributed by atoms with Crippen molar-refractivity contribution in [1.82, 2.24) is 0 Å². The third kappa shape index (κ3) is 2.97. The third-order valence-corrected chi connectivity index (χ3v) is 2.60. The average Bonchev–Trinajstić information content (AvgIpc) is 2.90. The van der Waals surface area contributed by atoms with E-state index in [9.17, 15) is 4.79 Å². The number of aryl methyl sites for hydroxylation is 1. The minimum Gasteiger partial charge on any atom is -0.497 e. The second-order valence-electron chi connectivity index (χ2n) is 3.75. The standard InChI is InChI=1S/C14H14O3/c1-16-12-7-4-11(5-8-12)6-9-13(15)14-3-2-10-17-14/h2-5,7-8,10H,6,9H2,1H3. The molecule has 0 saturated carbocycles. The number of rotatable bonds is 5. The number of methoxy groups -OCH3 is 1. The lowest BCUT2D eigenvalue weighted by Gasteiger charge is -2.02. The Labute approximate surface area is 100 Å². The topological polar surface area (TPSA) is 39.4 Å². The van der Waals surface area contributed by atoms with Crippen molar-refractivity contribution in [3.8, 4) is 5.75 Å². The van der Waals surface area contributed by atoms with E-state index in [1.54, 1.807) is 19.2 Å². The van der Waals surface area contributed by atoms with E-state index < -0.39 is 0 Å². The van der Waals surface area contributed by atoms with E-state index in [0.29, 0.717) is 18.6 Å². The Kier molecular flexibility index (Phi) is 3.60. The molecule has 0 aliphatic rings. The van der Waals surface area contributed by atoms with Gasteiger partial charge in [0, 0.05) is 6.42 Å². The molecule has 88 valence electrons. The van der Waals surface area contributed by atoms with Crippen LogP contribution in [0.2, 0.25) is 0 Å². The van der Waals surface area contributed by atoms with E-state index in [-0.39, 0.29) is 5.78 Å². The summed E-state index contributed by atoms with van der Waals surface area (Å²) in [5.74, 6) is 1.29. The monoisotopic (exact) mass is 230 g/mol. The molecule has 0 saturated heterocycles. The van der Waals surface area contributed by atoms with Crippen molar-refractivity contribution in [2.75, 3.05) is 7.11 Å². The quantitative estimate of drug-likeness (QED) is 0.741. The number of carbonyl (C=O) groups excluding carboxylic acids is 1. The molecule has 0 N–H and O–H groups in total. The van der Waals surface area contributed by atoms with Gasteiger partial charge < -0.3 is 9.15 Å². The van der Waals surface area contributed by atoms with Gasteiger partial charge in [-0.1, -0.05) is 12.1 Å². The normalized spacial score (nSPS) is 10.2. The van der Waals surface area contributed by atoms with Crippen LogP contribution in [0.5, 0.6) is 5.75 Å². The van der Waals surface area contributed by atoms with E-state index in [1.807, 2.05) is 24.3 Å². The van der Waals surface area contributed by atoms with Crippen LogP contribution in [0.15, 0.2) is 47.1 Å². The molecular weight excluding hydrogens is 216 g/mol. The second-order valence-corrected chi connectivity index (χ2v) is 3.75. The SMILES string of the molecule is COc1ccc(CCC(=O)c2ccco2)cc1. The van der Waals surface area contributed by atoms with Crippen molar-refractivity contribution in [2.45, 2.75) is 12.8 Å². The molecule has 0 radical (unpaired) electrons. The van der Waals surface area contributed by atoms with Crippen molar-refractivity contribution >= 4 is 5.78 Å². The van der Waals surface area contributed by atoms with Crippen LogP contribution in [-0.2, 0) is 6.42 Å². The summed E-state index contributed by atoms with van der Waals surface area (Å²) < 4.78 is 10.1. The zero-order chi connectivity index (χ0) is 12.1. The van der Waals surface area contributed by atoms with E-state index >= 15 is 0 Å². The van der Waals surface area contributed by atoms with Crippen LogP contribution in [0, 0.1) is 0 Å². The molecule has 0 bridgehead atoms. The molecule has 0 spiro atoms. The molecule has 0 amide bonds. The van der Waals surface area contributed by atoms with Gasteiger partial charge >= 0.3 is 0 Å². The minimum absolute atomic E-state index is 0.0332. The number of furan rings is 1. The number of benzene rings is 1. The first-order valence-electron chi connectivity index (χ1n) is 5.49. The van der Waals surface area contributed by atoms with Crippen LogP contribution >= 0.6 is 0 Å². The summed E-state index contributed by atoms with van der Waals surface area (Å²) in [4.78, 5) is 11.7. The van der Waals surface area contributed by atoms with Crippen molar-refractivity contribution in [3.63, 3.8) is 0 Å². The van der Waals surface area contributed by atoms with Crippen LogP contribution in [0.25, 0.3) is 0 Å². The summed E-state index contributed by atoms with van der Waals surface area (Å²) in [6.07, 6.45) is 2.68. The Morgan fingerprint density at radius 3 is 2.59 bits per heavy atom. The highest BCUT2D eigenvalue weighted by atomic mass is 16.5. The summed E-state index contributed by atoms with van der Waals surface area (Å²) in [6.45, 7) is 0. The van der Waals surface area contributed by atoms with Crippen LogP contribution in [0.3, 0.4) is 0 Å². The Hall–Kier alpha value is -2.03. The van der Waals surface area contributed by atoms with Crippen molar-refractivity contribution in [1.29, 1.82) is 0 Å². The van der Waals surface area contributed by atoms with Gasteiger partial charge in [0.05, 0.1) is 13.4 Å². The van der Waals surface area contributed by atoms with Crippen LogP contribution < -0.4 is 4.74 Å². The van der Waals surface area contributed by atoms with E-state index in [1.165, 1.54) is 6.26 Å². The fourth-order valence-corrected chi connectivity index (χ4v) is 1.61. The molecule has 1 heterocycles. The summed E-state index contributed by atoms with van der Waals surface area (Å²) >= 11 is 0. The lowest BCUT2D eigenvalue weighted by Crippen LogP contribution is -1.99. The maximum Gasteiger partial charge on any atom is 0.198 e. The first-order chi connectivity index (χ1) is 8.29. The smallest absolute Gasteiger partial charge is 0.198 e. The Morgan fingerprint density at radius 2 is 2.00 bits per heavy atom. The Balaban J connectivity index is 1.91. The number of hydrogen-bond acceptors (Lipinski definition) is 3. The lowest BCUT2D eigenvalue weighted by atomic mass is 10.1. The van der Waals surface area contributed by atoms with Crippen molar-refractivity contribution < 1.29 is 13.9 Å². The second kappa shape index (κ2) is 5.34. The first kappa shape index (κ1) is 11.5. The Morgan fingerprint density at radius 1 is 1.24 bits per heavy atom. The van der Waals surface area contributed by atoms with Crippen LogP contribution in [0.1, 0.15) is 22.5 Å². The summed E-state index contributed by atoms with van der Waals surface area (Å²) in [5.41, 5.74) is 1.12. The number of Topliss-reactive ketones (excluding diaryl/α,β-unsaturated/α-hetero) is 1. The van der Waals surface area contributed by atoms with Gasteiger partial charge in [0.1, 0.15) is 5.75 Å². The zero-order valence-electron chi connectivity index (χ0n) is 9.68. The molecule has 1 aromatic heterocycles. The fraction of sp³-hybridized carbons (Fsp3) is 0.214. The number of hydrogen-bond donors (Lipinski definition) is 0. The maximum absolute atomic E-state index is 11.7. The fourth-order valence-electron chi connectivity index (χ4n) is 1.61. The largest absolute Gasteiger partial charge is 0.497 e. The molecule has 0 aliphatic heterocycles. The van der Waals surface area contributed by atoms with Gasteiger partial charge in [-0.05, 0) is 36.2 Å². The molecule has 0 fully saturated rings. The lowest BCUT2D eigenvalue weighted by molar-refractivity contribution is 0.0956. The minimum atomic E-state index is 0.0332. The molecule has 3 heteroatoms. The Bertz CT molecular complexity index is 469. The predicted molar refractivity (Wildman–Crippen MR) is 64.4 cm³/mol. The highest BCUT2D eigenvalue weighted by Crippen LogP contribution is 2.14. The number of carbonyl (C=O) groups is 1. The highest BCUT2D eigenvalue weighted by molar-refractivity contribution is 5.93. The molecule has 1 aromatic carbocycles. The van der Waals surface area contributed by atoms with Gasteiger partial charge in [0.25, 0.3) is 0 Å². The molecule has 17 heavy (non-hydrogen) atoms. The highest BCUT2D eigenvalue weighted by Gasteiger charge is 2.08. The predicted octanol–water partition coefficient (Wildman–Crippen LogP) is 3.10. The van der Waals surface area contributed by atoms with Gasteiger partial charge in [-0.3, -0.25) is 4.79 Å². The molecule has 0 unspecified atom stereocenters. The number of ketones is 1. The van der Waals surface area contributed by atoms with E-state index in [2.05, 4.69) is 0 Å². The van der Waals surface area contributed by atoms with Crippen molar-refractivity contribution in [2.24, 2.45) is 0 Å². The van der Waals surface area contributed by atoms with Gasteiger partial charge in [-0.25, -0.2) is 0 Å². The van der Waals surface area contributed by atoms with Gasteiger partial charge in [-0.2, -0.15) is 0 Å². The first-order valence-corrected chi connectivity index (χ1v) is 5.49. The van der Waals surface area contributed by atoms with Crippen LogP contribution in [-0.4, -0.2) is 12.9 Å². The summed E-state index contributed by atoms with van der Waals surface area (Å²) in [5, 5.41) is 0. The van der Waals surface area contributed by atoms with Gasteiger partial charge in [-0.15, -0.1) is 0 Å². The number of ether oxygens (including phenoxy) is 1. The molecule has 2 rings (SSSR count). The van der Waals surface area contributed by atoms with E-state index in [4.69, 9.17) is 9.15 Å². The molecule has 0 atom stereocenters. The third-order valence-electron chi connectivity index (χ3n) is 2.60. The summed E-state index contributed by atoms with van der Waals surface area (Å²) in [6, 6.07) is 11.1. The van der Waals surface area contributed by atoms with E-state index in [0.717, 1.165) is 11.3 Å². The molecule has 3 nitrogen and oxygen atoms in total.